The largest absolute Gasteiger partial charge is 0.438 e. The number of ether oxygens (including phenoxy) is 1. The maximum Gasteiger partial charge on any atom is 0.259 e. The molecule has 1 aliphatic heterocycles. The summed E-state index contributed by atoms with van der Waals surface area (Å²) in [6.07, 6.45) is 1.61. The average Bonchev–Trinajstić information content (AvgIpc) is 2.68. The third kappa shape index (κ3) is 6.02. The number of para-hydroxylation sites is 1. The fraction of sp³-hybridized carbons (Fsp3) is 0.409. The lowest BCUT2D eigenvalue weighted by atomic mass is 10.1. The van der Waals surface area contributed by atoms with Crippen LogP contribution in [0.2, 0.25) is 0 Å². The molecule has 2 amide bonds. The molecule has 0 saturated carbocycles. The first-order chi connectivity index (χ1) is 13.8. The van der Waals surface area contributed by atoms with Gasteiger partial charge in [-0.25, -0.2) is 4.98 Å². The molecule has 1 aliphatic rings. The topological polar surface area (TPSA) is 74.8 Å². The highest BCUT2D eigenvalue weighted by Crippen LogP contribution is 2.24. The SMILES string of the molecule is CC(C)(C)NC(=O)CN1CCN(C(=O)c2cccnc2Oc2ccccc2)CC1. The van der Waals surface area contributed by atoms with Gasteiger partial charge in [0.25, 0.3) is 5.91 Å². The van der Waals surface area contributed by atoms with E-state index in [1.165, 1.54) is 0 Å². The van der Waals surface area contributed by atoms with Crippen LogP contribution in [0, 0.1) is 0 Å². The van der Waals surface area contributed by atoms with Crippen LogP contribution in [0.3, 0.4) is 0 Å². The van der Waals surface area contributed by atoms with Gasteiger partial charge >= 0.3 is 0 Å². The summed E-state index contributed by atoms with van der Waals surface area (Å²) in [5, 5.41) is 2.97. The van der Waals surface area contributed by atoms with Gasteiger partial charge < -0.3 is 15.0 Å². The van der Waals surface area contributed by atoms with Crippen LogP contribution < -0.4 is 10.1 Å². The Bertz CT molecular complexity index is 841. The van der Waals surface area contributed by atoms with Gasteiger partial charge in [0.1, 0.15) is 11.3 Å². The van der Waals surface area contributed by atoms with Gasteiger partial charge in [-0.05, 0) is 45.0 Å². The lowest BCUT2D eigenvalue weighted by Gasteiger charge is -2.35. The molecule has 1 fully saturated rings. The van der Waals surface area contributed by atoms with Gasteiger partial charge in [0.2, 0.25) is 11.8 Å². The van der Waals surface area contributed by atoms with Crippen molar-refractivity contribution in [2.45, 2.75) is 26.3 Å². The Morgan fingerprint density at radius 2 is 1.72 bits per heavy atom. The maximum absolute atomic E-state index is 13.0. The minimum absolute atomic E-state index is 0.00285. The molecule has 0 aliphatic carbocycles. The number of nitrogens with one attached hydrogen (secondary N) is 1. The minimum Gasteiger partial charge on any atom is -0.438 e. The molecule has 7 heteroatoms. The Labute approximate surface area is 171 Å². The van der Waals surface area contributed by atoms with E-state index in [1.807, 2.05) is 51.1 Å². The highest BCUT2D eigenvalue weighted by atomic mass is 16.5. The third-order valence-corrected chi connectivity index (χ3v) is 4.50. The molecule has 0 radical (unpaired) electrons. The number of rotatable bonds is 5. The van der Waals surface area contributed by atoms with Crippen LogP contribution in [0.5, 0.6) is 11.6 Å². The summed E-state index contributed by atoms with van der Waals surface area (Å²) in [5.74, 6) is 0.830. The second kappa shape index (κ2) is 9.05. The van der Waals surface area contributed by atoms with Gasteiger partial charge in [0.05, 0.1) is 6.54 Å². The predicted molar refractivity (Wildman–Crippen MR) is 111 cm³/mol. The Morgan fingerprint density at radius 1 is 1.03 bits per heavy atom. The summed E-state index contributed by atoms with van der Waals surface area (Å²) in [6.45, 7) is 8.65. The molecule has 2 heterocycles. The third-order valence-electron chi connectivity index (χ3n) is 4.50. The van der Waals surface area contributed by atoms with E-state index < -0.39 is 0 Å². The summed E-state index contributed by atoms with van der Waals surface area (Å²) in [5.41, 5.74) is 0.194. The van der Waals surface area contributed by atoms with Gasteiger partial charge in [-0.15, -0.1) is 0 Å². The molecule has 3 rings (SSSR count). The Kier molecular flexibility index (Phi) is 6.49. The van der Waals surface area contributed by atoms with Crippen molar-refractivity contribution >= 4 is 11.8 Å². The van der Waals surface area contributed by atoms with Crippen molar-refractivity contribution in [1.29, 1.82) is 0 Å². The van der Waals surface area contributed by atoms with E-state index in [0.29, 0.717) is 49.9 Å². The van der Waals surface area contributed by atoms with E-state index in [9.17, 15) is 9.59 Å². The van der Waals surface area contributed by atoms with Crippen molar-refractivity contribution in [2.24, 2.45) is 0 Å². The molecule has 0 atom stereocenters. The Balaban J connectivity index is 1.59. The highest BCUT2D eigenvalue weighted by molar-refractivity contribution is 5.96. The zero-order valence-electron chi connectivity index (χ0n) is 17.2. The van der Waals surface area contributed by atoms with Crippen LogP contribution in [-0.2, 0) is 4.79 Å². The second-order valence-electron chi connectivity index (χ2n) is 8.14. The number of aromatic nitrogens is 1. The highest BCUT2D eigenvalue weighted by Gasteiger charge is 2.26. The van der Waals surface area contributed by atoms with Gasteiger partial charge in [-0.2, -0.15) is 0 Å². The second-order valence-corrected chi connectivity index (χ2v) is 8.14. The molecule has 2 aromatic rings. The molecule has 154 valence electrons. The molecule has 0 bridgehead atoms. The summed E-state index contributed by atoms with van der Waals surface area (Å²) in [4.78, 5) is 33.3. The van der Waals surface area contributed by atoms with Crippen molar-refractivity contribution < 1.29 is 14.3 Å². The zero-order valence-corrected chi connectivity index (χ0v) is 17.2. The number of carbonyl (C=O) groups excluding carboxylic acids is 2. The maximum atomic E-state index is 13.0. The van der Waals surface area contributed by atoms with Crippen molar-refractivity contribution in [3.63, 3.8) is 0 Å². The van der Waals surface area contributed by atoms with E-state index in [1.54, 1.807) is 23.2 Å². The molecule has 0 spiro atoms. The van der Waals surface area contributed by atoms with Crippen LogP contribution in [0.4, 0.5) is 0 Å². The number of carbonyl (C=O) groups is 2. The molecule has 1 aromatic carbocycles. The predicted octanol–water partition coefficient (Wildman–Crippen LogP) is 2.55. The van der Waals surface area contributed by atoms with Crippen LogP contribution in [-0.4, -0.2) is 64.9 Å². The fourth-order valence-corrected chi connectivity index (χ4v) is 3.18. The minimum atomic E-state index is -0.246. The molecule has 0 unspecified atom stereocenters. The number of piperazine rings is 1. The van der Waals surface area contributed by atoms with E-state index in [-0.39, 0.29) is 17.4 Å². The molecular weight excluding hydrogens is 368 g/mol. The fourth-order valence-electron chi connectivity index (χ4n) is 3.18. The summed E-state index contributed by atoms with van der Waals surface area (Å²) in [7, 11) is 0. The van der Waals surface area contributed by atoms with Gasteiger partial charge in [0.15, 0.2) is 0 Å². The number of hydrogen-bond donors (Lipinski definition) is 1. The first kappa shape index (κ1) is 20.8. The Hall–Kier alpha value is -2.93. The molecule has 1 aromatic heterocycles. The van der Waals surface area contributed by atoms with Crippen molar-refractivity contribution in [1.82, 2.24) is 20.1 Å². The first-order valence-corrected chi connectivity index (χ1v) is 9.82. The Morgan fingerprint density at radius 3 is 2.38 bits per heavy atom. The number of hydrogen-bond acceptors (Lipinski definition) is 5. The van der Waals surface area contributed by atoms with Crippen molar-refractivity contribution in [3.05, 3.63) is 54.2 Å². The summed E-state index contributed by atoms with van der Waals surface area (Å²) < 4.78 is 5.82. The number of nitrogens with zero attached hydrogens (tertiary/aromatic N) is 3. The molecule has 1 saturated heterocycles. The lowest BCUT2D eigenvalue weighted by Crippen LogP contribution is -2.52. The zero-order chi connectivity index (χ0) is 20.9. The van der Waals surface area contributed by atoms with E-state index in [2.05, 4.69) is 15.2 Å². The summed E-state index contributed by atoms with van der Waals surface area (Å²) in [6, 6.07) is 12.8. The van der Waals surface area contributed by atoms with Crippen LogP contribution in [0.1, 0.15) is 31.1 Å². The smallest absolute Gasteiger partial charge is 0.259 e. The van der Waals surface area contributed by atoms with Crippen LogP contribution in [0.25, 0.3) is 0 Å². The van der Waals surface area contributed by atoms with Crippen LogP contribution in [0.15, 0.2) is 48.7 Å². The van der Waals surface area contributed by atoms with Gasteiger partial charge in [-0.3, -0.25) is 14.5 Å². The molecular formula is C22H28N4O3. The summed E-state index contributed by atoms with van der Waals surface area (Å²) >= 11 is 0. The van der Waals surface area contributed by atoms with Gasteiger partial charge in [-0.1, -0.05) is 18.2 Å². The molecule has 7 nitrogen and oxygen atoms in total. The quantitative estimate of drug-likeness (QED) is 0.841. The van der Waals surface area contributed by atoms with E-state index >= 15 is 0 Å². The van der Waals surface area contributed by atoms with Crippen molar-refractivity contribution in [3.8, 4) is 11.6 Å². The number of pyridine rings is 1. The monoisotopic (exact) mass is 396 g/mol. The van der Waals surface area contributed by atoms with Crippen molar-refractivity contribution in [2.75, 3.05) is 32.7 Å². The normalized spacial score (nSPS) is 15.1. The van der Waals surface area contributed by atoms with E-state index in [0.717, 1.165) is 0 Å². The van der Waals surface area contributed by atoms with E-state index in [4.69, 9.17) is 4.74 Å². The number of benzene rings is 1. The molecule has 1 N–H and O–H groups in total. The number of amides is 2. The average molecular weight is 396 g/mol. The van der Waals surface area contributed by atoms with Gasteiger partial charge in [0, 0.05) is 37.9 Å². The standard InChI is InChI=1S/C22H28N4O3/c1-22(2,3)24-19(27)16-25-12-14-26(15-13-25)21(28)18-10-7-11-23-20(18)29-17-8-5-4-6-9-17/h4-11H,12-16H2,1-3H3,(H,24,27). The molecule has 29 heavy (non-hydrogen) atoms. The first-order valence-electron chi connectivity index (χ1n) is 9.82. The van der Waals surface area contributed by atoms with Crippen LogP contribution >= 0.6 is 0 Å². The lowest BCUT2D eigenvalue weighted by molar-refractivity contribution is -0.124.